The maximum Gasteiger partial charge on any atom is 0.255 e. The first-order valence-corrected chi connectivity index (χ1v) is 9.56. The molecule has 4 heterocycles. The Bertz CT molecular complexity index is 1250. The Morgan fingerprint density at radius 2 is 1.80 bits per heavy atom. The third-order valence-corrected chi connectivity index (χ3v) is 4.75. The van der Waals surface area contributed by atoms with Gasteiger partial charge in [-0.2, -0.15) is 10.2 Å². The molecule has 8 nitrogen and oxygen atoms in total. The summed E-state index contributed by atoms with van der Waals surface area (Å²) in [7, 11) is 0. The number of imidazole rings is 1. The largest absolute Gasteiger partial charge is 0.319 e. The third-order valence-electron chi connectivity index (χ3n) is 4.75. The molecule has 4 aromatic heterocycles. The number of hydrogen-bond donors (Lipinski definition) is 1. The number of fused-ring (bicyclic) bond motifs is 1. The minimum Gasteiger partial charge on any atom is -0.319 e. The second kappa shape index (κ2) is 7.67. The number of nitrogens with one attached hydrogen (secondary N) is 1. The van der Waals surface area contributed by atoms with E-state index in [-0.39, 0.29) is 5.91 Å². The number of hydrogen-bond acceptors (Lipinski definition) is 4. The Labute approximate surface area is 172 Å². The molecule has 0 unspecified atom stereocenters. The van der Waals surface area contributed by atoms with Crippen molar-refractivity contribution in [3.05, 3.63) is 103 Å². The van der Waals surface area contributed by atoms with Gasteiger partial charge in [-0.3, -0.25) is 14.2 Å². The fourth-order valence-corrected chi connectivity index (χ4v) is 3.29. The van der Waals surface area contributed by atoms with Gasteiger partial charge >= 0.3 is 0 Å². The van der Waals surface area contributed by atoms with Crippen LogP contribution in [0.5, 0.6) is 0 Å². The summed E-state index contributed by atoms with van der Waals surface area (Å²) in [5, 5.41) is 11.4. The van der Waals surface area contributed by atoms with E-state index in [0.29, 0.717) is 24.3 Å². The number of benzene rings is 1. The number of amides is 1. The monoisotopic (exact) mass is 397 g/mol. The molecule has 30 heavy (non-hydrogen) atoms. The number of aromatic nitrogens is 6. The van der Waals surface area contributed by atoms with Crippen LogP contribution >= 0.6 is 0 Å². The van der Waals surface area contributed by atoms with Crippen LogP contribution in [0.3, 0.4) is 0 Å². The van der Waals surface area contributed by atoms with Gasteiger partial charge in [0.1, 0.15) is 5.65 Å². The van der Waals surface area contributed by atoms with E-state index < -0.39 is 0 Å². The fraction of sp³-hybridized carbons (Fsp3) is 0.0909. The average Bonchev–Trinajstić information content (AvgIpc) is 3.50. The molecule has 0 atom stereocenters. The molecule has 0 spiro atoms. The molecule has 0 saturated heterocycles. The summed E-state index contributed by atoms with van der Waals surface area (Å²) in [4.78, 5) is 17.1. The van der Waals surface area contributed by atoms with Gasteiger partial charge in [-0.1, -0.05) is 18.2 Å². The highest BCUT2D eigenvalue weighted by Gasteiger charge is 2.09. The smallest absolute Gasteiger partial charge is 0.255 e. The normalized spacial score (nSPS) is 11.1. The summed E-state index contributed by atoms with van der Waals surface area (Å²) < 4.78 is 5.56. The van der Waals surface area contributed by atoms with Crippen molar-refractivity contribution in [1.29, 1.82) is 0 Å². The molecule has 0 aliphatic rings. The number of pyridine rings is 1. The Kier molecular flexibility index (Phi) is 4.57. The van der Waals surface area contributed by atoms with Crippen LogP contribution in [0.15, 0.2) is 85.7 Å². The predicted octanol–water partition coefficient (Wildman–Crippen LogP) is 3.08. The van der Waals surface area contributed by atoms with Gasteiger partial charge in [0.05, 0.1) is 30.7 Å². The number of rotatable bonds is 6. The third kappa shape index (κ3) is 3.83. The van der Waals surface area contributed by atoms with Gasteiger partial charge in [-0.15, -0.1) is 0 Å². The zero-order valence-electron chi connectivity index (χ0n) is 16.1. The summed E-state index contributed by atoms with van der Waals surface area (Å²) >= 11 is 0. The summed E-state index contributed by atoms with van der Waals surface area (Å²) in [5.41, 5.74) is 4.10. The van der Waals surface area contributed by atoms with Crippen molar-refractivity contribution in [2.24, 2.45) is 0 Å². The van der Waals surface area contributed by atoms with Gasteiger partial charge in [0.2, 0.25) is 0 Å². The van der Waals surface area contributed by atoms with Gasteiger partial charge < -0.3 is 9.72 Å². The van der Waals surface area contributed by atoms with Crippen molar-refractivity contribution in [3.8, 4) is 0 Å². The molecule has 1 amide bonds. The molecule has 1 aromatic carbocycles. The number of carbonyl (C=O) groups excluding carboxylic acids is 1. The van der Waals surface area contributed by atoms with E-state index in [1.807, 2.05) is 76.2 Å². The molecule has 0 fully saturated rings. The zero-order chi connectivity index (χ0) is 20.3. The maximum atomic E-state index is 12.5. The number of anilines is 1. The molecule has 8 heteroatoms. The Balaban J connectivity index is 1.22. The minimum absolute atomic E-state index is 0.173. The molecular formula is C22H19N7O. The van der Waals surface area contributed by atoms with Crippen LogP contribution in [0.2, 0.25) is 0 Å². The van der Waals surface area contributed by atoms with E-state index in [1.165, 1.54) is 0 Å². The lowest BCUT2D eigenvalue weighted by Gasteiger charge is -2.05. The highest BCUT2D eigenvalue weighted by Crippen LogP contribution is 2.12. The highest BCUT2D eigenvalue weighted by molar-refractivity contribution is 6.04. The molecule has 148 valence electrons. The van der Waals surface area contributed by atoms with E-state index in [4.69, 9.17) is 0 Å². The molecular weight excluding hydrogens is 378 g/mol. The van der Waals surface area contributed by atoms with E-state index in [1.54, 1.807) is 23.3 Å². The standard InChI is InChI=1S/C22H19N7O/c30-22(18-7-5-17(6-8-18)13-28-11-3-9-23-28)26-19-12-24-29(15-19)16-20-14-27-10-2-1-4-21(27)25-20/h1-12,14-15H,13,16H2,(H,26,30). The first-order valence-electron chi connectivity index (χ1n) is 9.56. The molecule has 0 bridgehead atoms. The quantitative estimate of drug-likeness (QED) is 0.477. The first-order chi connectivity index (χ1) is 14.7. The van der Waals surface area contributed by atoms with Crippen LogP contribution in [0, 0.1) is 0 Å². The lowest BCUT2D eigenvalue weighted by atomic mass is 10.1. The van der Waals surface area contributed by atoms with E-state index in [9.17, 15) is 4.79 Å². The van der Waals surface area contributed by atoms with Crippen LogP contribution < -0.4 is 5.32 Å². The van der Waals surface area contributed by atoms with E-state index in [2.05, 4.69) is 20.5 Å². The molecule has 0 radical (unpaired) electrons. The van der Waals surface area contributed by atoms with Crippen LogP contribution in [0.25, 0.3) is 5.65 Å². The lowest BCUT2D eigenvalue weighted by Crippen LogP contribution is -2.11. The molecule has 5 rings (SSSR count). The van der Waals surface area contributed by atoms with Crippen molar-refractivity contribution >= 4 is 17.2 Å². The summed E-state index contributed by atoms with van der Waals surface area (Å²) in [6, 6.07) is 15.3. The van der Waals surface area contributed by atoms with Gasteiger partial charge in [0.25, 0.3) is 5.91 Å². The van der Waals surface area contributed by atoms with Crippen molar-refractivity contribution in [2.75, 3.05) is 5.32 Å². The minimum atomic E-state index is -0.173. The SMILES string of the molecule is O=C(Nc1cnn(Cc2cn3ccccc3n2)c1)c1ccc(Cn2cccn2)cc1. The molecule has 0 aliphatic heterocycles. The van der Waals surface area contributed by atoms with Crippen molar-refractivity contribution in [3.63, 3.8) is 0 Å². The first kappa shape index (κ1) is 17.9. The second-order valence-electron chi connectivity index (χ2n) is 6.98. The number of carbonyl (C=O) groups is 1. The Hall–Kier alpha value is -4.20. The lowest BCUT2D eigenvalue weighted by molar-refractivity contribution is 0.102. The topological polar surface area (TPSA) is 82.0 Å². The summed E-state index contributed by atoms with van der Waals surface area (Å²) in [5.74, 6) is -0.173. The van der Waals surface area contributed by atoms with Gasteiger partial charge in [0, 0.05) is 36.5 Å². The van der Waals surface area contributed by atoms with Crippen LogP contribution in [0.4, 0.5) is 5.69 Å². The Morgan fingerprint density at radius 1 is 0.900 bits per heavy atom. The summed E-state index contributed by atoms with van der Waals surface area (Å²) in [6.07, 6.45) is 11.0. The Morgan fingerprint density at radius 3 is 2.60 bits per heavy atom. The van der Waals surface area contributed by atoms with Crippen molar-refractivity contribution in [2.45, 2.75) is 13.1 Å². The van der Waals surface area contributed by atoms with Crippen LogP contribution in [-0.2, 0) is 13.1 Å². The van der Waals surface area contributed by atoms with Gasteiger partial charge in [0.15, 0.2) is 0 Å². The molecule has 0 aliphatic carbocycles. The van der Waals surface area contributed by atoms with Crippen molar-refractivity contribution in [1.82, 2.24) is 28.9 Å². The average molecular weight is 397 g/mol. The van der Waals surface area contributed by atoms with Gasteiger partial charge in [-0.05, 0) is 35.9 Å². The predicted molar refractivity (Wildman–Crippen MR) is 112 cm³/mol. The van der Waals surface area contributed by atoms with Crippen LogP contribution in [0.1, 0.15) is 21.6 Å². The summed E-state index contributed by atoms with van der Waals surface area (Å²) in [6.45, 7) is 1.20. The van der Waals surface area contributed by atoms with E-state index >= 15 is 0 Å². The molecule has 0 saturated carbocycles. The van der Waals surface area contributed by atoms with E-state index in [0.717, 1.165) is 16.9 Å². The fourth-order valence-electron chi connectivity index (χ4n) is 3.29. The molecule has 1 N–H and O–H groups in total. The van der Waals surface area contributed by atoms with Gasteiger partial charge in [-0.25, -0.2) is 4.98 Å². The maximum absolute atomic E-state index is 12.5. The number of nitrogens with zero attached hydrogens (tertiary/aromatic N) is 6. The van der Waals surface area contributed by atoms with Crippen molar-refractivity contribution < 1.29 is 4.79 Å². The molecule has 5 aromatic rings. The van der Waals surface area contributed by atoms with Crippen LogP contribution in [-0.4, -0.2) is 34.9 Å². The second-order valence-corrected chi connectivity index (χ2v) is 6.98. The highest BCUT2D eigenvalue weighted by atomic mass is 16.1. The zero-order valence-corrected chi connectivity index (χ0v) is 16.1.